The van der Waals surface area contributed by atoms with Crippen LogP contribution in [-0.2, 0) is 14.3 Å². The number of fused-ring (bicyclic) bond motifs is 3. The molecule has 2 heterocycles. The number of benzene rings is 1. The molecule has 2 aliphatic heterocycles. The van der Waals surface area contributed by atoms with Crippen molar-refractivity contribution >= 4 is 11.9 Å². The zero-order chi connectivity index (χ0) is 13.6. The van der Waals surface area contributed by atoms with Gasteiger partial charge in [0.2, 0.25) is 0 Å². The van der Waals surface area contributed by atoms with Crippen molar-refractivity contribution < 1.29 is 24.2 Å². The normalized spacial score (nSPS) is 24.5. The molecule has 0 aliphatic carbocycles. The van der Waals surface area contributed by atoms with Gasteiger partial charge in [0.15, 0.2) is 5.92 Å². The SMILES string of the molecule is Cc1ccc2c(c1)C1C(=COC(=O)C1C(=O)O)CO2. The first-order chi connectivity index (χ1) is 9.08. The number of hydrogen-bond donors (Lipinski definition) is 1. The summed E-state index contributed by atoms with van der Waals surface area (Å²) in [5.41, 5.74) is 2.42. The van der Waals surface area contributed by atoms with Crippen LogP contribution in [0.25, 0.3) is 0 Å². The Morgan fingerprint density at radius 2 is 2.21 bits per heavy atom. The lowest BCUT2D eigenvalue weighted by Crippen LogP contribution is -2.38. The van der Waals surface area contributed by atoms with E-state index in [1.807, 2.05) is 19.1 Å². The molecule has 0 saturated carbocycles. The van der Waals surface area contributed by atoms with E-state index in [0.29, 0.717) is 11.3 Å². The van der Waals surface area contributed by atoms with Gasteiger partial charge < -0.3 is 14.6 Å². The van der Waals surface area contributed by atoms with E-state index < -0.39 is 23.8 Å². The molecule has 0 amide bonds. The van der Waals surface area contributed by atoms with E-state index >= 15 is 0 Å². The zero-order valence-electron chi connectivity index (χ0n) is 10.3. The smallest absolute Gasteiger partial charge is 0.326 e. The van der Waals surface area contributed by atoms with Crippen molar-refractivity contribution in [2.75, 3.05) is 6.61 Å². The third kappa shape index (κ3) is 1.78. The molecule has 19 heavy (non-hydrogen) atoms. The number of aryl methyl sites for hydroxylation is 1. The molecule has 5 nitrogen and oxygen atoms in total. The van der Waals surface area contributed by atoms with Gasteiger partial charge >= 0.3 is 11.9 Å². The Bertz CT molecular complexity index is 602. The van der Waals surface area contributed by atoms with Crippen LogP contribution in [0.5, 0.6) is 5.75 Å². The number of carboxylic acids is 1. The van der Waals surface area contributed by atoms with Crippen molar-refractivity contribution in [1.29, 1.82) is 0 Å². The van der Waals surface area contributed by atoms with E-state index in [1.54, 1.807) is 6.07 Å². The van der Waals surface area contributed by atoms with Gasteiger partial charge in [0.1, 0.15) is 12.4 Å². The largest absolute Gasteiger partial charge is 0.489 e. The van der Waals surface area contributed by atoms with Crippen molar-refractivity contribution in [2.45, 2.75) is 12.8 Å². The Morgan fingerprint density at radius 3 is 2.95 bits per heavy atom. The lowest BCUT2D eigenvalue weighted by Gasteiger charge is -2.33. The van der Waals surface area contributed by atoms with Crippen LogP contribution in [0.1, 0.15) is 17.0 Å². The molecule has 0 fully saturated rings. The molecule has 0 bridgehead atoms. The Kier molecular flexibility index (Phi) is 2.55. The van der Waals surface area contributed by atoms with Crippen molar-refractivity contribution in [3.05, 3.63) is 41.2 Å². The summed E-state index contributed by atoms with van der Waals surface area (Å²) < 4.78 is 10.4. The van der Waals surface area contributed by atoms with E-state index in [-0.39, 0.29) is 6.61 Å². The van der Waals surface area contributed by atoms with Crippen LogP contribution >= 0.6 is 0 Å². The molecule has 3 rings (SSSR count). The van der Waals surface area contributed by atoms with Crippen LogP contribution in [0.2, 0.25) is 0 Å². The third-order valence-electron chi connectivity index (χ3n) is 3.47. The Balaban J connectivity index is 2.17. The van der Waals surface area contributed by atoms with Crippen LogP contribution in [0, 0.1) is 12.8 Å². The minimum atomic E-state index is -1.20. The zero-order valence-corrected chi connectivity index (χ0v) is 10.3. The van der Waals surface area contributed by atoms with E-state index in [1.165, 1.54) is 6.26 Å². The fourth-order valence-corrected chi connectivity index (χ4v) is 2.58. The molecule has 98 valence electrons. The highest BCUT2D eigenvalue weighted by atomic mass is 16.5. The molecule has 0 saturated heterocycles. The number of rotatable bonds is 1. The number of carbonyl (C=O) groups is 2. The molecule has 2 unspecified atom stereocenters. The predicted molar refractivity (Wildman–Crippen MR) is 64.7 cm³/mol. The van der Waals surface area contributed by atoms with Crippen molar-refractivity contribution in [3.8, 4) is 5.75 Å². The standard InChI is InChI=1S/C14H12O5/c1-7-2-3-10-9(4-7)11-8(5-18-10)6-19-14(17)12(11)13(15)16/h2-4,6,11-12H,5H2,1H3,(H,15,16). The van der Waals surface area contributed by atoms with Crippen molar-refractivity contribution in [3.63, 3.8) is 0 Å². The topological polar surface area (TPSA) is 72.8 Å². The highest BCUT2D eigenvalue weighted by Gasteiger charge is 2.45. The number of aliphatic carboxylic acids is 1. The molecule has 2 aliphatic rings. The molecular weight excluding hydrogens is 248 g/mol. The van der Waals surface area contributed by atoms with Gasteiger partial charge in [-0.05, 0) is 13.0 Å². The van der Waals surface area contributed by atoms with Crippen LogP contribution < -0.4 is 4.74 Å². The second-order valence-electron chi connectivity index (χ2n) is 4.75. The fourth-order valence-electron chi connectivity index (χ4n) is 2.58. The highest BCUT2D eigenvalue weighted by Crippen LogP contribution is 2.44. The minimum Gasteiger partial charge on any atom is -0.489 e. The highest BCUT2D eigenvalue weighted by molar-refractivity contribution is 5.97. The Morgan fingerprint density at radius 1 is 1.42 bits per heavy atom. The number of carboxylic acid groups (broad SMARTS) is 1. The summed E-state index contributed by atoms with van der Waals surface area (Å²) in [5, 5.41) is 9.27. The summed E-state index contributed by atoms with van der Waals surface area (Å²) >= 11 is 0. The molecule has 2 atom stereocenters. The molecular formula is C14H12O5. The average Bonchev–Trinajstić information content (AvgIpc) is 2.38. The summed E-state index contributed by atoms with van der Waals surface area (Å²) in [6.07, 6.45) is 1.32. The van der Waals surface area contributed by atoms with Crippen LogP contribution in [0.4, 0.5) is 0 Å². The number of cyclic esters (lactones) is 1. The van der Waals surface area contributed by atoms with Crippen LogP contribution in [0.15, 0.2) is 30.0 Å². The quantitative estimate of drug-likeness (QED) is 0.613. The molecule has 1 aromatic carbocycles. The molecule has 1 aromatic rings. The molecule has 0 spiro atoms. The first kappa shape index (κ1) is 11.8. The number of hydrogen-bond acceptors (Lipinski definition) is 4. The molecule has 1 N–H and O–H groups in total. The number of esters is 1. The van der Waals surface area contributed by atoms with E-state index in [9.17, 15) is 14.7 Å². The molecule has 0 radical (unpaired) electrons. The van der Waals surface area contributed by atoms with Crippen LogP contribution in [0.3, 0.4) is 0 Å². The van der Waals surface area contributed by atoms with Gasteiger partial charge in [0.25, 0.3) is 0 Å². The van der Waals surface area contributed by atoms with Crippen molar-refractivity contribution in [2.24, 2.45) is 5.92 Å². The summed E-state index contributed by atoms with van der Waals surface area (Å²) in [7, 11) is 0. The minimum absolute atomic E-state index is 0.248. The van der Waals surface area contributed by atoms with Gasteiger partial charge in [0.05, 0.1) is 6.26 Å². The monoisotopic (exact) mass is 260 g/mol. The Labute approximate surface area is 109 Å². The predicted octanol–water partition coefficient (Wildman–Crippen LogP) is 1.61. The van der Waals surface area contributed by atoms with Gasteiger partial charge in [-0.1, -0.05) is 17.7 Å². The maximum Gasteiger partial charge on any atom is 0.326 e. The van der Waals surface area contributed by atoms with E-state index in [4.69, 9.17) is 9.47 Å². The second kappa shape index (κ2) is 4.12. The fraction of sp³-hybridized carbons (Fsp3) is 0.286. The van der Waals surface area contributed by atoms with Gasteiger partial charge in [0, 0.05) is 17.1 Å². The second-order valence-corrected chi connectivity index (χ2v) is 4.75. The summed E-state index contributed by atoms with van der Waals surface area (Å²) in [5.74, 6) is -2.97. The maximum absolute atomic E-state index is 11.7. The summed E-state index contributed by atoms with van der Waals surface area (Å²) in [4.78, 5) is 23.0. The molecule has 5 heteroatoms. The first-order valence-electron chi connectivity index (χ1n) is 5.93. The van der Waals surface area contributed by atoms with Crippen molar-refractivity contribution in [1.82, 2.24) is 0 Å². The summed E-state index contributed by atoms with van der Waals surface area (Å²) in [6.45, 7) is 2.16. The number of carbonyl (C=O) groups excluding carboxylic acids is 1. The lowest BCUT2D eigenvalue weighted by molar-refractivity contribution is -0.157. The lowest BCUT2D eigenvalue weighted by atomic mass is 9.78. The van der Waals surface area contributed by atoms with E-state index in [2.05, 4.69) is 0 Å². The first-order valence-corrected chi connectivity index (χ1v) is 5.93. The van der Waals surface area contributed by atoms with E-state index in [0.717, 1.165) is 11.1 Å². The number of ether oxygens (including phenoxy) is 2. The van der Waals surface area contributed by atoms with Gasteiger partial charge in [-0.2, -0.15) is 0 Å². The summed E-state index contributed by atoms with van der Waals surface area (Å²) in [6, 6.07) is 5.56. The van der Waals surface area contributed by atoms with Gasteiger partial charge in [-0.25, -0.2) is 0 Å². The van der Waals surface area contributed by atoms with Gasteiger partial charge in [-0.3, -0.25) is 9.59 Å². The average molecular weight is 260 g/mol. The third-order valence-corrected chi connectivity index (χ3v) is 3.47. The maximum atomic E-state index is 11.7. The molecule has 0 aromatic heterocycles. The Hall–Kier alpha value is -2.30. The van der Waals surface area contributed by atoms with Gasteiger partial charge in [-0.15, -0.1) is 0 Å². The van der Waals surface area contributed by atoms with Crippen LogP contribution in [-0.4, -0.2) is 23.7 Å².